The topological polar surface area (TPSA) is 427 Å². The Balaban J connectivity index is 1.05. The van der Waals surface area contributed by atoms with E-state index in [2.05, 4.69) is 19.9 Å². The number of carboxylic acid groups (broad SMARTS) is 1. The first-order chi connectivity index (χ1) is 41.6. The van der Waals surface area contributed by atoms with Gasteiger partial charge < -0.3 is 119 Å². The van der Waals surface area contributed by atoms with Crippen LogP contribution in [0.3, 0.4) is 0 Å². The molecule has 27 nitrogen and oxygen atoms in total. The maximum Gasteiger partial charge on any atom is 0.335 e. The minimum absolute atomic E-state index is 0.190. The predicted molar refractivity (Wildman–Crippen MR) is 303 cm³/mol. The van der Waals surface area contributed by atoms with Crippen molar-refractivity contribution < 1.29 is 133 Å². The van der Waals surface area contributed by atoms with E-state index in [1.165, 1.54) is 0 Å². The molecule has 9 aliphatic rings. The van der Waals surface area contributed by atoms with Crippen LogP contribution in [0, 0.1) is 56.2 Å². The van der Waals surface area contributed by atoms with E-state index in [0.717, 1.165) is 5.57 Å². The number of fused-ring (bicyclic) bond motifs is 7. The van der Waals surface area contributed by atoms with Gasteiger partial charge in [-0.3, -0.25) is 4.79 Å². The number of hydrogen-bond acceptors (Lipinski definition) is 26. The van der Waals surface area contributed by atoms with Crippen LogP contribution in [-0.4, -0.2) is 257 Å². The summed E-state index contributed by atoms with van der Waals surface area (Å²) in [4.78, 5) is 40.8. The van der Waals surface area contributed by atoms with Crippen molar-refractivity contribution in [3.05, 3.63) is 23.3 Å². The number of aliphatic carboxylic acids is 1. The highest BCUT2D eigenvalue weighted by atomic mass is 16.8. The van der Waals surface area contributed by atoms with E-state index in [1.54, 1.807) is 26.8 Å². The smallest absolute Gasteiger partial charge is 0.335 e. The first-order valence-electron chi connectivity index (χ1n) is 31.4. The Kier molecular flexibility index (Phi) is 20.5. The highest BCUT2D eigenvalue weighted by Gasteiger charge is 2.76. The van der Waals surface area contributed by atoms with Crippen molar-refractivity contribution in [2.45, 2.75) is 262 Å². The summed E-state index contributed by atoms with van der Waals surface area (Å²) >= 11 is 0. The lowest BCUT2D eigenvalue weighted by Crippen LogP contribution is -2.76. The second-order valence-corrected chi connectivity index (χ2v) is 28.8. The summed E-state index contributed by atoms with van der Waals surface area (Å²) in [7, 11) is 0. The quantitative estimate of drug-likeness (QED) is 0.0374. The summed E-state index contributed by atoms with van der Waals surface area (Å²) in [5.74, 6) is -4.64. The van der Waals surface area contributed by atoms with E-state index in [1.807, 2.05) is 41.5 Å². The zero-order valence-corrected chi connectivity index (χ0v) is 52.6. The van der Waals surface area contributed by atoms with Gasteiger partial charge in [-0.15, -0.1) is 0 Å². The van der Waals surface area contributed by atoms with Crippen LogP contribution in [0.4, 0.5) is 0 Å². The monoisotopic (exact) mass is 1270 g/mol. The van der Waals surface area contributed by atoms with Gasteiger partial charge >= 0.3 is 17.9 Å². The molecule has 0 amide bonds. The molecule has 4 aliphatic heterocycles. The standard InChI is InChI=1S/C62H98O27/c1-12-25(3)51(78)88-48-49(89-52(79)26(4)13-2)62(24-64)28(20-57(48,5)6)27-14-15-33-59(9)18-17-34(58(7,8)32(59)16-19-60(33,10)61(27,11)46(74)47(62)75)83-56-45(87-54-40(72)38(70)37(69)31(21-63)82-54)42(41(73)43(85-56)50(76)77)84-55-44(36(68)30(66)23-81-55)86-53-39(71)35(67)29(65)22-80-53/h12,14,26,28-49,53-56,63-75H,13,15-24H2,1-11H3,(H,76,77). The number of carboxylic acids is 1. The number of carbonyl (C=O) groups excluding carboxylic acids is 2. The van der Waals surface area contributed by atoms with Gasteiger partial charge in [0, 0.05) is 16.4 Å². The molecule has 4 heterocycles. The average Bonchev–Trinajstić information content (AvgIpc) is 0.677. The zero-order valence-electron chi connectivity index (χ0n) is 52.6. The molecule has 0 radical (unpaired) electrons. The lowest BCUT2D eigenvalue weighted by atomic mass is 9.32. The van der Waals surface area contributed by atoms with Gasteiger partial charge in [-0.1, -0.05) is 80.0 Å². The van der Waals surface area contributed by atoms with Crippen LogP contribution < -0.4 is 0 Å². The second-order valence-electron chi connectivity index (χ2n) is 28.8. The molecule has 27 heteroatoms. The van der Waals surface area contributed by atoms with Crippen LogP contribution >= 0.6 is 0 Å². The summed E-state index contributed by atoms with van der Waals surface area (Å²) in [5, 5.41) is 158. The molecule has 0 aromatic carbocycles. The van der Waals surface area contributed by atoms with Crippen molar-refractivity contribution in [1.82, 2.24) is 0 Å². The lowest BCUT2D eigenvalue weighted by Gasteiger charge is -2.73. The molecule has 14 N–H and O–H groups in total. The number of allylic oxidation sites excluding steroid dienone is 2. The van der Waals surface area contributed by atoms with Crippen LogP contribution in [-0.2, 0) is 61.8 Å². The Labute approximate surface area is 517 Å². The molecule has 31 atom stereocenters. The number of hydrogen-bond donors (Lipinski definition) is 14. The zero-order chi connectivity index (χ0) is 65.7. The fourth-order valence-electron chi connectivity index (χ4n) is 17.4. The number of ether oxygens (including phenoxy) is 10. The van der Waals surface area contributed by atoms with E-state index in [-0.39, 0.29) is 24.7 Å². The predicted octanol–water partition coefficient (Wildman–Crippen LogP) is -1.19. The molecule has 8 fully saturated rings. The maximum atomic E-state index is 14.0. The minimum atomic E-state index is -2.23. The first kappa shape index (κ1) is 70.4. The SMILES string of the molecule is CC=C(C)C(=O)OC1C(OC(=O)C(C)CC)C2(CO)C(CC1(C)C)C1=CCC3C4(C)CCC(OC5OC(C(=O)O)C(O)C(OC6OCC(O)C(O)C6OC6OCC(O)C(O)C6O)C5OC5OC(CO)C(O)C(O)C5O)C(C)(C)C4CCC3(C)C1(C)C(O)C2O. The number of aliphatic hydroxyl groups is 13. The largest absolute Gasteiger partial charge is 0.479 e. The Morgan fingerprint density at radius 1 is 0.674 bits per heavy atom. The Bertz CT molecular complexity index is 2600. The fraction of sp³-hybridized carbons (Fsp3) is 0.887. The van der Waals surface area contributed by atoms with Gasteiger partial charge in [0.25, 0.3) is 0 Å². The normalized spacial score (nSPS) is 50.0. The Hall–Kier alpha value is -2.95. The molecule has 89 heavy (non-hydrogen) atoms. The number of carbonyl (C=O) groups is 3. The summed E-state index contributed by atoms with van der Waals surface area (Å²) in [6.45, 7) is 18.1. The van der Waals surface area contributed by atoms with E-state index in [0.29, 0.717) is 37.7 Å². The third kappa shape index (κ3) is 11.6. The summed E-state index contributed by atoms with van der Waals surface area (Å²) in [5.41, 5.74) is -4.85. The second kappa shape index (κ2) is 26.0. The molecule has 9 rings (SSSR count). The van der Waals surface area contributed by atoms with Crippen LogP contribution in [0.5, 0.6) is 0 Å². The molecule has 0 spiro atoms. The minimum Gasteiger partial charge on any atom is -0.479 e. The van der Waals surface area contributed by atoms with Crippen molar-refractivity contribution in [2.75, 3.05) is 26.4 Å². The molecule has 0 aromatic heterocycles. The molecule has 4 saturated heterocycles. The molecule has 5 aliphatic carbocycles. The molecule has 0 bridgehead atoms. The highest BCUT2D eigenvalue weighted by Crippen LogP contribution is 2.76. The molecule has 508 valence electrons. The third-order valence-corrected chi connectivity index (χ3v) is 23.3. The van der Waals surface area contributed by atoms with Crippen molar-refractivity contribution in [2.24, 2.45) is 56.2 Å². The molecule has 0 aromatic rings. The number of aliphatic hydroxyl groups excluding tert-OH is 13. The van der Waals surface area contributed by atoms with Crippen LogP contribution in [0.2, 0.25) is 0 Å². The van der Waals surface area contributed by atoms with Crippen LogP contribution in [0.25, 0.3) is 0 Å². The van der Waals surface area contributed by atoms with E-state index in [9.17, 15) is 85.9 Å². The molecular weight excluding hydrogens is 1180 g/mol. The summed E-state index contributed by atoms with van der Waals surface area (Å²) < 4.78 is 61.3. The van der Waals surface area contributed by atoms with Crippen molar-refractivity contribution in [3.63, 3.8) is 0 Å². The average molecular weight is 1280 g/mol. The molecule has 4 saturated carbocycles. The van der Waals surface area contributed by atoms with Gasteiger partial charge in [-0.05, 0) is 92.8 Å². The summed E-state index contributed by atoms with van der Waals surface area (Å²) in [6.07, 6.45) is -34.0. The summed E-state index contributed by atoms with van der Waals surface area (Å²) in [6, 6.07) is 0. The third-order valence-electron chi connectivity index (χ3n) is 23.3. The number of rotatable bonds is 16. The van der Waals surface area contributed by atoms with E-state index >= 15 is 0 Å². The first-order valence-corrected chi connectivity index (χ1v) is 31.4. The fourth-order valence-corrected chi connectivity index (χ4v) is 17.4. The van der Waals surface area contributed by atoms with Gasteiger partial charge in [0.15, 0.2) is 37.4 Å². The van der Waals surface area contributed by atoms with Crippen molar-refractivity contribution >= 4 is 17.9 Å². The molecule has 31 unspecified atom stereocenters. The van der Waals surface area contributed by atoms with Gasteiger partial charge in [-0.25, -0.2) is 9.59 Å². The van der Waals surface area contributed by atoms with Crippen molar-refractivity contribution in [1.29, 1.82) is 0 Å². The Morgan fingerprint density at radius 3 is 1.91 bits per heavy atom. The Morgan fingerprint density at radius 2 is 1.29 bits per heavy atom. The van der Waals surface area contributed by atoms with Crippen LogP contribution in [0.15, 0.2) is 23.3 Å². The van der Waals surface area contributed by atoms with Gasteiger partial charge in [0.1, 0.15) is 85.5 Å². The molecular formula is C62H98O27. The highest BCUT2D eigenvalue weighted by molar-refractivity contribution is 5.88. The van der Waals surface area contributed by atoms with Gasteiger partial charge in [-0.2, -0.15) is 0 Å². The van der Waals surface area contributed by atoms with E-state index < -0.39 is 230 Å². The lowest BCUT2D eigenvalue weighted by molar-refractivity contribution is -0.399. The number of esters is 2. The van der Waals surface area contributed by atoms with E-state index in [4.69, 9.17) is 47.4 Å². The maximum absolute atomic E-state index is 14.0. The van der Waals surface area contributed by atoms with Gasteiger partial charge in [0.05, 0.1) is 56.1 Å². The van der Waals surface area contributed by atoms with Gasteiger partial charge in [0.2, 0.25) is 0 Å². The van der Waals surface area contributed by atoms with Crippen molar-refractivity contribution in [3.8, 4) is 0 Å². The van der Waals surface area contributed by atoms with Crippen LogP contribution in [0.1, 0.15) is 121 Å².